The number of rotatable bonds is 5. The van der Waals surface area contributed by atoms with Crippen LogP contribution in [0.25, 0.3) is 5.69 Å². The number of nitrogens with zero attached hydrogens (tertiary/aromatic N) is 6. The topological polar surface area (TPSA) is 50.1 Å². The van der Waals surface area contributed by atoms with Gasteiger partial charge in [-0.05, 0) is 24.6 Å². The van der Waals surface area contributed by atoms with Gasteiger partial charge in [0.15, 0.2) is 0 Å². The van der Waals surface area contributed by atoms with Crippen LogP contribution in [0.1, 0.15) is 23.5 Å². The van der Waals surface area contributed by atoms with E-state index in [1.165, 1.54) is 10.6 Å². The number of hydrogen-bond donors (Lipinski definition) is 0. The number of hydrogen-bond acceptors (Lipinski definition) is 6. The Hall–Kier alpha value is -2.09. The Bertz CT molecular complexity index is 761. The first-order chi connectivity index (χ1) is 12.3. The number of aromatic nitrogens is 4. The molecule has 1 aliphatic rings. The Morgan fingerprint density at radius 1 is 1.12 bits per heavy atom. The molecule has 0 saturated carbocycles. The van der Waals surface area contributed by atoms with E-state index in [1.807, 2.05) is 6.20 Å². The van der Waals surface area contributed by atoms with Gasteiger partial charge < -0.3 is 0 Å². The lowest BCUT2D eigenvalue weighted by Crippen LogP contribution is -2.46. The van der Waals surface area contributed by atoms with Crippen molar-refractivity contribution < 1.29 is 0 Å². The molecular weight excluding hydrogens is 332 g/mol. The number of benzene rings is 1. The summed E-state index contributed by atoms with van der Waals surface area (Å²) in [5.41, 5.74) is 2.38. The second-order valence-electron chi connectivity index (χ2n) is 6.36. The maximum absolute atomic E-state index is 4.46. The summed E-state index contributed by atoms with van der Waals surface area (Å²) >= 11 is 1.75. The molecule has 0 spiro atoms. The van der Waals surface area contributed by atoms with Crippen molar-refractivity contribution in [1.29, 1.82) is 0 Å². The van der Waals surface area contributed by atoms with Gasteiger partial charge in [0, 0.05) is 44.3 Å². The van der Waals surface area contributed by atoms with Gasteiger partial charge >= 0.3 is 0 Å². The van der Waals surface area contributed by atoms with E-state index in [4.69, 9.17) is 0 Å². The smallest absolute Gasteiger partial charge is 0.138 e. The summed E-state index contributed by atoms with van der Waals surface area (Å²) in [5.74, 6) is 0. The molecule has 4 rings (SSSR count). The Labute approximate surface area is 151 Å². The summed E-state index contributed by atoms with van der Waals surface area (Å²) in [4.78, 5) is 13.5. The van der Waals surface area contributed by atoms with Crippen LogP contribution in [-0.4, -0.2) is 55.7 Å². The Morgan fingerprint density at radius 2 is 1.92 bits per heavy atom. The molecule has 0 bridgehead atoms. The van der Waals surface area contributed by atoms with E-state index in [0.29, 0.717) is 6.04 Å². The normalized spacial score (nSPS) is 17.6. The molecule has 130 valence electrons. The van der Waals surface area contributed by atoms with E-state index in [-0.39, 0.29) is 0 Å². The monoisotopic (exact) mass is 354 g/mol. The standard InChI is InChI=1S/C18H22N6S/c1-15(18-20-6-11-25-18)23-9-7-22(8-10-23)12-16-2-4-17(5-3-16)24-14-19-13-21-24/h2-6,11,13-15H,7-10,12H2,1H3. The SMILES string of the molecule is CC(c1nccs1)N1CCN(Cc2ccc(-n3cncn3)cc2)CC1. The van der Waals surface area contributed by atoms with Gasteiger partial charge in [-0.25, -0.2) is 14.6 Å². The van der Waals surface area contributed by atoms with E-state index in [2.05, 4.69) is 61.4 Å². The number of thiazole rings is 1. The minimum absolute atomic E-state index is 0.420. The van der Waals surface area contributed by atoms with Crippen molar-refractivity contribution in [3.8, 4) is 5.69 Å². The van der Waals surface area contributed by atoms with Gasteiger partial charge in [0.2, 0.25) is 0 Å². The highest BCUT2D eigenvalue weighted by Gasteiger charge is 2.23. The van der Waals surface area contributed by atoms with Gasteiger partial charge in [-0.3, -0.25) is 9.80 Å². The van der Waals surface area contributed by atoms with Crippen molar-refractivity contribution in [2.45, 2.75) is 19.5 Å². The van der Waals surface area contributed by atoms with Crippen LogP contribution in [0.4, 0.5) is 0 Å². The molecule has 0 N–H and O–H groups in total. The van der Waals surface area contributed by atoms with Gasteiger partial charge in [-0.1, -0.05) is 12.1 Å². The highest BCUT2D eigenvalue weighted by atomic mass is 32.1. The van der Waals surface area contributed by atoms with Crippen molar-refractivity contribution in [2.75, 3.05) is 26.2 Å². The van der Waals surface area contributed by atoms with E-state index < -0.39 is 0 Å². The molecule has 1 atom stereocenters. The van der Waals surface area contributed by atoms with Gasteiger partial charge in [0.1, 0.15) is 17.7 Å². The van der Waals surface area contributed by atoms with Crippen molar-refractivity contribution >= 4 is 11.3 Å². The van der Waals surface area contributed by atoms with E-state index in [0.717, 1.165) is 38.4 Å². The third-order valence-electron chi connectivity index (χ3n) is 4.79. The quantitative estimate of drug-likeness (QED) is 0.705. The molecular formula is C18H22N6S. The molecule has 7 heteroatoms. The van der Waals surface area contributed by atoms with Gasteiger partial charge in [0.25, 0.3) is 0 Å². The second-order valence-corrected chi connectivity index (χ2v) is 7.29. The molecule has 6 nitrogen and oxygen atoms in total. The van der Waals surface area contributed by atoms with Crippen molar-refractivity contribution in [1.82, 2.24) is 29.5 Å². The molecule has 1 fully saturated rings. The van der Waals surface area contributed by atoms with Crippen LogP contribution >= 0.6 is 11.3 Å². The molecule has 1 aromatic carbocycles. The Kier molecular flexibility index (Phi) is 4.87. The first-order valence-electron chi connectivity index (χ1n) is 8.59. The zero-order valence-electron chi connectivity index (χ0n) is 14.3. The van der Waals surface area contributed by atoms with Gasteiger partial charge in [-0.2, -0.15) is 5.10 Å². The molecule has 1 unspecified atom stereocenters. The third-order valence-corrected chi connectivity index (χ3v) is 5.74. The molecule has 3 heterocycles. The first kappa shape index (κ1) is 16.4. The minimum Gasteiger partial charge on any atom is -0.297 e. The molecule has 1 saturated heterocycles. The predicted octanol–water partition coefficient (Wildman–Crippen LogP) is 2.60. The third kappa shape index (κ3) is 3.78. The lowest BCUT2D eigenvalue weighted by molar-refractivity contribution is 0.0977. The highest BCUT2D eigenvalue weighted by molar-refractivity contribution is 7.09. The fourth-order valence-electron chi connectivity index (χ4n) is 3.26. The van der Waals surface area contributed by atoms with Crippen LogP contribution < -0.4 is 0 Å². The van der Waals surface area contributed by atoms with Crippen molar-refractivity contribution in [3.63, 3.8) is 0 Å². The zero-order chi connectivity index (χ0) is 17.1. The molecule has 1 aliphatic heterocycles. The van der Waals surface area contributed by atoms with E-state index in [9.17, 15) is 0 Å². The molecule has 3 aromatic rings. The molecule has 0 radical (unpaired) electrons. The van der Waals surface area contributed by atoms with E-state index >= 15 is 0 Å². The lowest BCUT2D eigenvalue weighted by Gasteiger charge is -2.37. The van der Waals surface area contributed by atoms with Crippen LogP contribution in [-0.2, 0) is 6.54 Å². The van der Waals surface area contributed by atoms with Crippen LogP contribution in [0.5, 0.6) is 0 Å². The van der Waals surface area contributed by atoms with Crippen molar-refractivity contribution in [2.24, 2.45) is 0 Å². The molecule has 2 aromatic heterocycles. The van der Waals surface area contributed by atoms with Crippen molar-refractivity contribution in [3.05, 3.63) is 59.1 Å². The summed E-state index contributed by atoms with van der Waals surface area (Å²) in [5, 5.41) is 7.44. The highest BCUT2D eigenvalue weighted by Crippen LogP contribution is 2.23. The molecule has 0 aliphatic carbocycles. The Balaban J connectivity index is 1.31. The fourth-order valence-corrected chi connectivity index (χ4v) is 3.99. The van der Waals surface area contributed by atoms with Gasteiger partial charge in [-0.15, -0.1) is 11.3 Å². The predicted molar refractivity (Wildman–Crippen MR) is 98.7 cm³/mol. The maximum Gasteiger partial charge on any atom is 0.138 e. The lowest BCUT2D eigenvalue weighted by atomic mass is 10.1. The summed E-state index contributed by atoms with van der Waals surface area (Å²) in [7, 11) is 0. The summed E-state index contributed by atoms with van der Waals surface area (Å²) in [6.07, 6.45) is 5.17. The van der Waals surface area contributed by atoms with Crippen LogP contribution in [0.2, 0.25) is 0 Å². The second kappa shape index (κ2) is 7.43. The van der Waals surface area contributed by atoms with Crippen LogP contribution in [0.3, 0.4) is 0 Å². The maximum atomic E-state index is 4.46. The zero-order valence-corrected chi connectivity index (χ0v) is 15.1. The first-order valence-corrected chi connectivity index (χ1v) is 9.47. The number of piperazine rings is 1. The van der Waals surface area contributed by atoms with Crippen LogP contribution in [0, 0.1) is 0 Å². The molecule has 0 amide bonds. The largest absolute Gasteiger partial charge is 0.297 e. The average Bonchev–Trinajstić information content (AvgIpc) is 3.36. The summed E-state index contributed by atoms with van der Waals surface area (Å²) in [6, 6.07) is 8.99. The van der Waals surface area contributed by atoms with E-state index in [1.54, 1.807) is 28.7 Å². The molecule has 25 heavy (non-hydrogen) atoms. The minimum atomic E-state index is 0.420. The fraction of sp³-hybridized carbons (Fsp3) is 0.389. The Morgan fingerprint density at radius 3 is 2.56 bits per heavy atom. The van der Waals surface area contributed by atoms with Gasteiger partial charge in [0.05, 0.1) is 11.7 Å². The average molecular weight is 354 g/mol. The summed E-state index contributed by atoms with van der Waals surface area (Å²) < 4.78 is 1.78. The summed E-state index contributed by atoms with van der Waals surface area (Å²) in [6.45, 7) is 7.64. The van der Waals surface area contributed by atoms with Crippen LogP contribution in [0.15, 0.2) is 48.5 Å².